The molecule has 0 saturated carbocycles. The van der Waals surface area contributed by atoms with Gasteiger partial charge in [-0.2, -0.15) is 0 Å². The van der Waals surface area contributed by atoms with Gasteiger partial charge in [0.05, 0.1) is 16.7 Å². The van der Waals surface area contributed by atoms with E-state index < -0.39 is 11.2 Å². The molecule has 0 fully saturated rings. The lowest BCUT2D eigenvalue weighted by atomic mass is 9.95. The summed E-state index contributed by atoms with van der Waals surface area (Å²) in [5.74, 6) is 0.635. The van der Waals surface area contributed by atoms with E-state index in [1.165, 1.54) is 0 Å². The highest BCUT2D eigenvalue weighted by Gasteiger charge is 2.29. The molecule has 1 aliphatic heterocycles. The van der Waals surface area contributed by atoms with Crippen LogP contribution in [0.2, 0.25) is 0 Å². The first-order valence-corrected chi connectivity index (χ1v) is 8.10. The van der Waals surface area contributed by atoms with E-state index in [0.29, 0.717) is 17.7 Å². The molecule has 1 aromatic heterocycles. The van der Waals surface area contributed by atoms with E-state index in [4.69, 9.17) is 4.74 Å². The van der Waals surface area contributed by atoms with Gasteiger partial charge in [-0.1, -0.05) is 24.3 Å². The summed E-state index contributed by atoms with van der Waals surface area (Å²) in [6.45, 7) is 5.44. The number of hydrogen-bond donors (Lipinski definition) is 1. The summed E-state index contributed by atoms with van der Waals surface area (Å²) in [6, 6.07) is 7.75. The Labute approximate surface area is 141 Å². The minimum Gasteiger partial charge on any atom is -0.482 e. The Kier molecular flexibility index (Phi) is 3.88. The second-order valence-electron chi connectivity index (χ2n) is 7.13. The lowest BCUT2D eigenvalue weighted by Crippen LogP contribution is -2.34. The Morgan fingerprint density at radius 1 is 1.33 bits per heavy atom. The van der Waals surface area contributed by atoms with Crippen LogP contribution in [0.25, 0.3) is 17.0 Å². The minimum absolute atomic E-state index is 0.0611. The van der Waals surface area contributed by atoms with Crippen LogP contribution in [0.1, 0.15) is 32.8 Å². The minimum atomic E-state index is -0.852. The van der Waals surface area contributed by atoms with Crippen molar-refractivity contribution in [2.45, 2.75) is 38.4 Å². The fourth-order valence-corrected chi connectivity index (χ4v) is 2.97. The summed E-state index contributed by atoms with van der Waals surface area (Å²) in [7, 11) is 1.78. The van der Waals surface area contributed by atoms with Crippen LogP contribution in [0.15, 0.2) is 47.3 Å². The van der Waals surface area contributed by atoms with Gasteiger partial charge in [-0.15, -0.1) is 0 Å². The molecule has 0 bridgehead atoms. The number of para-hydroxylation sites is 1. The van der Waals surface area contributed by atoms with Gasteiger partial charge in [-0.05, 0) is 45.1 Å². The number of aromatic nitrogens is 1. The van der Waals surface area contributed by atoms with Crippen LogP contribution in [0.5, 0.6) is 5.75 Å². The molecule has 1 atom stereocenters. The molecule has 0 amide bonds. The van der Waals surface area contributed by atoms with Crippen molar-refractivity contribution in [2.75, 3.05) is 0 Å². The lowest BCUT2D eigenvalue weighted by molar-refractivity contribution is 0.128. The molecule has 0 aliphatic carbocycles. The Bertz CT molecular complexity index is 899. The molecule has 126 valence electrons. The summed E-state index contributed by atoms with van der Waals surface area (Å²) in [5, 5.41) is 10.7. The molecular formula is C20H23NO3. The third-order valence-electron chi connectivity index (χ3n) is 4.28. The molecule has 1 N–H and O–H groups in total. The van der Waals surface area contributed by atoms with E-state index in [1.54, 1.807) is 31.5 Å². The zero-order valence-electron chi connectivity index (χ0n) is 14.5. The van der Waals surface area contributed by atoms with Crippen LogP contribution in [-0.4, -0.2) is 20.9 Å². The zero-order chi connectivity index (χ0) is 17.5. The van der Waals surface area contributed by atoms with E-state index >= 15 is 0 Å². The second-order valence-corrected chi connectivity index (χ2v) is 7.13. The van der Waals surface area contributed by atoms with Crippen LogP contribution >= 0.6 is 0 Å². The molecule has 0 saturated heterocycles. The van der Waals surface area contributed by atoms with Gasteiger partial charge in [-0.25, -0.2) is 0 Å². The molecule has 2 aromatic rings. The molecule has 4 heteroatoms. The molecule has 24 heavy (non-hydrogen) atoms. The highest BCUT2D eigenvalue weighted by atomic mass is 16.5. The van der Waals surface area contributed by atoms with Crippen LogP contribution in [0.3, 0.4) is 0 Å². The van der Waals surface area contributed by atoms with Gasteiger partial charge < -0.3 is 14.4 Å². The maximum absolute atomic E-state index is 12.6. The number of nitrogens with zero attached hydrogens (tertiary/aromatic N) is 1. The molecule has 1 aliphatic rings. The van der Waals surface area contributed by atoms with E-state index in [1.807, 2.05) is 49.4 Å². The monoisotopic (exact) mass is 325 g/mol. The largest absolute Gasteiger partial charge is 0.482 e. The second kappa shape index (κ2) is 5.64. The first kappa shape index (κ1) is 16.5. The predicted octanol–water partition coefficient (Wildman–Crippen LogP) is 3.42. The number of aliphatic hydroxyl groups is 1. The number of ether oxygens (including phenoxy) is 1. The Morgan fingerprint density at radius 2 is 2.04 bits per heavy atom. The maximum Gasteiger partial charge on any atom is 0.261 e. The smallest absolute Gasteiger partial charge is 0.261 e. The van der Waals surface area contributed by atoms with Gasteiger partial charge in [0.15, 0.2) is 0 Å². The summed E-state index contributed by atoms with van der Waals surface area (Å²) >= 11 is 0. The normalized spacial score (nSPS) is 20.4. The van der Waals surface area contributed by atoms with Gasteiger partial charge in [0.1, 0.15) is 11.4 Å². The van der Waals surface area contributed by atoms with Crippen LogP contribution in [0, 0.1) is 0 Å². The quantitative estimate of drug-likeness (QED) is 0.880. The number of hydrogen-bond acceptors (Lipinski definition) is 3. The van der Waals surface area contributed by atoms with Crippen molar-refractivity contribution in [3.8, 4) is 5.75 Å². The third-order valence-corrected chi connectivity index (χ3v) is 4.28. The van der Waals surface area contributed by atoms with E-state index in [9.17, 15) is 9.90 Å². The van der Waals surface area contributed by atoms with Crippen molar-refractivity contribution in [1.29, 1.82) is 0 Å². The highest BCUT2D eigenvalue weighted by Crippen LogP contribution is 2.36. The predicted molar refractivity (Wildman–Crippen MR) is 97.3 cm³/mol. The molecule has 2 heterocycles. The highest BCUT2D eigenvalue weighted by molar-refractivity contribution is 5.89. The topological polar surface area (TPSA) is 51.5 Å². The number of fused-ring (bicyclic) bond motifs is 3. The van der Waals surface area contributed by atoms with E-state index in [0.717, 1.165) is 10.9 Å². The van der Waals surface area contributed by atoms with Crippen molar-refractivity contribution < 1.29 is 9.84 Å². The van der Waals surface area contributed by atoms with Crippen molar-refractivity contribution in [3.05, 3.63) is 58.4 Å². The molecule has 4 nitrogen and oxygen atoms in total. The standard InChI is InChI=1S/C20H23NO3/c1-19(2,23)11-7-12-20(3)13-10-15-17(24-20)14-8-5-6-9-16(14)21(4)18(15)22/h5-11,13,23H,12H2,1-4H3/t20-/m0/s1. The summed E-state index contributed by atoms with van der Waals surface area (Å²) in [6.07, 6.45) is 8.05. The fourth-order valence-electron chi connectivity index (χ4n) is 2.97. The lowest BCUT2D eigenvalue weighted by Gasteiger charge is -2.32. The zero-order valence-corrected chi connectivity index (χ0v) is 14.5. The van der Waals surface area contributed by atoms with Gasteiger partial charge in [0.25, 0.3) is 5.56 Å². The van der Waals surface area contributed by atoms with Crippen molar-refractivity contribution in [1.82, 2.24) is 4.57 Å². The molecule has 0 spiro atoms. The molecule has 3 rings (SSSR count). The van der Waals surface area contributed by atoms with E-state index in [-0.39, 0.29) is 5.56 Å². The van der Waals surface area contributed by atoms with Crippen LogP contribution < -0.4 is 10.3 Å². The average Bonchev–Trinajstić information content (AvgIpc) is 2.51. The first-order chi connectivity index (χ1) is 11.2. The van der Waals surface area contributed by atoms with Crippen molar-refractivity contribution >= 4 is 17.0 Å². The first-order valence-electron chi connectivity index (χ1n) is 8.10. The Balaban J connectivity index is 2.05. The SMILES string of the molecule is Cn1c(=O)c2c(c3ccccc31)O[C@@](C)(CC=CC(C)(C)O)C=C2. The van der Waals surface area contributed by atoms with Crippen LogP contribution in [0.4, 0.5) is 0 Å². The third kappa shape index (κ3) is 3.02. The Hall–Kier alpha value is -2.33. The van der Waals surface area contributed by atoms with Gasteiger partial charge in [-0.3, -0.25) is 4.79 Å². The molecule has 1 aromatic carbocycles. The molecule has 0 radical (unpaired) electrons. The average molecular weight is 325 g/mol. The Morgan fingerprint density at radius 3 is 2.75 bits per heavy atom. The van der Waals surface area contributed by atoms with E-state index in [2.05, 4.69) is 0 Å². The number of rotatable bonds is 3. The number of benzene rings is 1. The van der Waals surface area contributed by atoms with Crippen molar-refractivity contribution in [3.63, 3.8) is 0 Å². The van der Waals surface area contributed by atoms with Gasteiger partial charge >= 0.3 is 0 Å². The summed E-state index contributed by atoms with van der Waals surface area (Å²) in [4.78, 5) is 12.6. The molecular weight excluding hydrogens is 302 g/mol. The van der Waals surface area contributed by atoms with Gasteiger partial charge in [0.2, 0.25) is 0 Å². The van der Waals surface area contributed by atoms with Crippen LogP contribution in [-0.2, 0) is 7.05 Å². The maximum atomic E-state index is 12.6. The molecule has 0 unspecified atom stereocenters. The summed E-state index contributed by atoms with van der Waals surface area (Å²) in [5.41, 5.74) is -0.0285. The van der Waals surface area contributed by atoms with Crippen molar-refractivity contribution in [2.24, 2.45) is 7.05 Å². The van der Waals surface area contributed by atoms with Gasteiger partial charge in [0, 0.05) is 18.9 Å². The fraction of sp³-hybridized carbons (Fsp3) is 0.350. The number of pyridine rings is 1. The summed E-state index contributed by atoms with van der Waals surface area (Å²) < 4.78 is 7.90. The number of aryl methyl sites for hydroxylation is 1.